The van der Waals surface area contributed by atoms with E-state index in [0.717, 1.165) is 9.86 Å². The van der Waals surface area contributed by atoms with Crippen molar-refractivity contribution in [3.05, 3.63) is 45.4 Å². The Labute approximate surface area is 149 Å². The fraction of sp³-hybridized carbons (Fsp3) is 0.250. The van der Waals surface area contributed by atoms with Crippen LogP contribution in [0.4, 0.5) is 0 Å². The highest BCUT2D eigenvalue weighted by molar-refractivity contribution is 9.10. The number of fused-ring (bicyclic) bond motifs is 2. The lowest BCUT2D eigenvalue weighted by Crippen LogP contribution is -2.22. The van der Waals surface area contributed by atoms with E-state index in [-0.39, 0.29) is 0 Å². The van der Waals surface area contributed by atoms with Gasteiger partial charge in [-0.3, -0.25) is 0 Å². The molecule has 1 aromatic carbocycles. The fourth-order valence-electron chi connectivity index (χ4n) is 2.04. The van der Waals surface area contributed by atoms with Crippen LogP contribution in [0, 0.1) is 0 Å². The molecule has 0 N–H and O–H groups in total. The first kappa shape index (κ1) is 16.6. The Bertz CT molecular complexity index is 946. The van der Waals surface area contributed by atoms with Crippen molar-refractivity contribution in [1.29, 1.82) is 0 Å². The van der Waals surface area contributed by atoms with Gasteiger partial charge in [0.25, 0.3) is 0 Å². The third-order valence-electron chi connectivity index (χ3n) is 3.20. The lowest BCUT2D eigenvalue weighted by Gasteiger charge is -2.13. The summed E-state index contributed by atoms with van der Waals surface area (Å²) in [6.07, 6.45) is 1.55. The van der Waals surface area contributed by atoms with Crippen LogP contribution in [0.3, 0.4) is 0 Å². The molecule has 0 radical (unpaired) electrons. The predicted molar refractivity (Wildman–Crippen MR) is 97.7 cm³/mol. The Morgan fingerprint density at radius 1 is 1.22 bits per heavy atom. The van der Waals surface area contributed by atoms with Crippen LogP contribution in [0.5, 0.6) is 0 Å². The smallest absolute Gasteiger partial charge is 0.155 e. The molecule has 1 atom stereocenters. The summed E-state index contributed by atoms with van der Waals surface area (Å²) >= 11 is 9.47. The fourth-order valence-corrected chi connectivity index (χ4v) is 3.20. The van der Waals surface area contributed by atoms with Gasteiger partial charge in [0, 0.05) is 15.2 Å². The lowest BCUT2D eigenvalue weighted by atomic mass is 10.1. The van der Waals surface area contributed by atoms with Crippen LogP contribution in [-0.4, -0.2) is 13.9 Å². The maximum absolute atomic E-state index is 12.5. The summed E-state index contributed by atoms with van der Waals surface area (Å²) in [5, 5.41) is 2.39. The first-order valence-corrected chi connectivity index (χ1v) is 9.18. The molecule has 0 spiro atoms. The molecule has 7 heteroatoms. The molecule has 4 nitrogen and oxygen atoms in total. The van der Waals surface area contributed by atoms with E-state index >= 15 is 0 Å². The van der Waals surface area contributed by atoms with Crippen molar-refractivity contribution in [3.8, 4) is 0 Å². The second-order valence-corrected chi connectivity index (χ2v) is 9.26. The van der Waals surface area contributed by atoms with E-state index in [1.807, 2.05) is 39.0 Å². The van der Waals surface area contributed by atoms with Crippen molar-refractivity contribution < 1.29 is 8.63 Å². The predicted octanol–water partition coefficient (Wildman–Crippen LogP) is 4.76. The van der Waals surface area contributed by atoms with Crippen molar-refractivity contribution in [2.24, 2.45) is 4.40 Å². The summed E-state index contributed by atoms with van der Waals surface area (Å²) in [4.78, 5) is 4.05. The highest BCUT2D eigenvalue weighted by Gasteiger charge is 2.19. The number of pyridine rings is 1. The van der Waals surface area contributed by atoms with Crippen LogP contribution in [-0.2, 0) is 11.0 Å². The highest BCUT2D eigenvalue weighted by atomic mass is 79.9. The minimum absolute atomic E-state index is 0.333. The van der Waals surface area contributed by atoms with E-state index in [0.29, 0.717) is 27.1 Å². The van der Waals surface area contributed by atoms with Gasteiger partial charge in [-0.05, 0) is 45.0 Å². The van der Waals surface area contributed by atoms with E-state index in [1.54, 1.807) is 12.3 Å². The third kappa shape index (κ3) is 3.34. The van der Waals surface area contributed by atoms with Crippen LogP contribution < -0.4 is 5.36 Å². The average Bonchev–Trinajstić information content (AvgIpc) is 2.47. The normalized spacial score (nSPS) is 14.6. The molecule has 0 fully saturated rings. The van der Waals surface area contributed by atoms with Gasteiger partial charge in [0.2, 0.25) is 0 Å². The minimum Gasteiger partial charge on any atom is -0.454 e. The minimum atomic E-state index is -1.41. The number of benzene rings is 1. The van der Waals surface area contributed by atoms with Crippen molar-refractivity contribution in [2.75, 3.05) is 0 Å². The summed E-state index contributed by atoms with van der Waals surface area (Å²) in [7, 11) is -1.41. The molecule has 0 aliphatic rings. The molecule has 0 bridgehead atoms. The third-order valence-corrected chi connectivity index (χ3v) is 5.30. The molecule has 2 heterocycles. The molecule has 0 saturated heterocycles. The molecule has 3 aromatic rings. The van der Waals surface area contributed by atoms with Crippen LogP contribution in [0.1, 0.15) is 20.8 Å². The van der Waals surface area contributed by atoms with Crippen LogP contribution in [0.2, 0.25) is 5.15 Å². The molecule has 0 unspecified atom stereocenters. The number of aromatic nitrogens is 1. The molecular weight excluding hydrogens is 400 g/mol. The summed E-state index contributed by atoms with van der Waals surface area (Å²) in [6.45, 7) is 5.65. The van der Waals surface area contributed by atoms with Gasteiger partial charge in [0.15, 0.2) is 5.58 Å². The van der Waals surface area contributed by atoms with E-state index in [1.165, 1.54) is 0 Å². The van der Waals surface area contributed by atoms with Crippen molar-refractivity contribution >= 4 is 60.5 Å². The Morgan fingerprint density at radius 2 is 1.91 bits per heavy atom. The van der Waals surface area contributed by atoms with Gasteiger partial charge in [-0.15, -0.1) is 0 Å². The monoisotopic (exact) mass is 412 g/mol. The van der Waals surface area contributed by atoms with E-state index in [9.17, 15) is 4.21 Å². The van der Waals surface area contributed by atoms with Crippen LogP contribution >= 0.6 is 27.5 Å². The molecule has 0 aliphatic carbocycles. The average molecular weight is 414 g/mol. The van der Waals surface area contributed by atoms with E-state index in [2.05, 4.69) is 25.3 Å². The van der Waals surface area contributed by atoms with Crippen LogP contribution in [0.15, 0.2) is 43.7 Å². The number of nitrogens with zero attached hydrogens (tertiary/aromatic N) is 2. The molecule has 2 aromatic heterocycles. The van der Waals surface area contributed by atoms with Gasteiger partial charge in [-0.2, -0.15) is 4.40 Å². The SMILES string of the molecule is CC(C)(C)[S@@](=O)N=c1c2cc(Br)ccc2oc2cnc(Cl)cc12. The number of halogens is 2. The second-order valence-electron chi connectivity index (χ2n) is 6.05. The maximum Gasteiger partial charge on any atom is 0.155 e. The Hall–Kier alpha value is -1.24. The number of rotatable bonds is 1. The molecule has 0 amide bonds. The molecule has 3 rings (SSSR count). The first-order valence-electron chi connectivity index (χ1n) is 6.90. The Kier molecular flexibility index (Phi) is 4.33. The molecule has 0 saturated carbocycles. The van der Waals surface area contributed by atoms with Gasteiger partial charge >= 0.3 is 0 Å². The van der Waals surface area contributed by atoms with Gasteiger partial charge in [0.05, 0.1) is 16.3 Å². The largest absolute Gasteiger partial charge is 0.454 e. The number of hydrogen-bond acceptors (Lipinski definition) is 3. The first-order chi connectivity index (χ1) is 10.8. The summed E-state index contributed by atoms with van der Waals surface area (Å²) < 4.78 is 23.3. The van der Waals surface area contributed by atoms with Crippen molar-refractivity contribution in [3.63, 3.8) is 0 Å². The lowest BCUT2D eigenvalue weighted by molar-refractivity contribution is 0.649. The van der Waals surface area contributed by atoms with E-state index in [4.69, 9.17) is 16.0 Å². The van der Waals surface area contributed by atoms with Gasteiger partial charge < -0.3 is 4.42 Å². The maximum atomic E-state index is 12.5. The van der Waals surface area contributed by atoms with Gasteiger partial charge in [0.1, 0.15) is 21.7 Å². The zero-order valence-electron chi connectivity index (χ0n) is 12.8. The zero-order valence-corrected chi connectivity index (χ0v) is 15.9. The summed E-state index contributed by atoms with van der Waals surface area (Å²) in [5.41, 5.74) is 1.20. The topological polar surface area (TPSA) is 55.5 Å². The number of hydrogen-bond donors (Lipinski definition) is 0. The molecular formula is C16H14BrClN2O2S. The van der Waals surface area contributed by atoms with Gasteiger partial charge in [-0.25, -0.2) is 9.19 Å². The molecule has 23 heavy (non-hydrogen) atoms. The van der Waals surface area contributed by atoms with Crippen molar-refractivity contribution in [1.82, 2.24) is 4.98 Å². The second kappa shape index (κ2) is 6.00. The van der Waals surface area contributed by atoms with E-state index < -0.39 is 15.7 Å². The Morgan fingerprint density at radius 3 is 2.61 bits per heavy atom. The van der Waals surface area contributed by atoms with Gasteiger partial charge in [-0.1, -0.05) is 27.5 Å². The summed E-state index contributed by atoms with van der Waals surface area (Å²) in [6, 6.07) is 7.29. The Balaban J connectivity index is 2.51. The van der Waals surface area contributed by atoms with Crippen molar-refractivity contribution in [2.45, 2.75) is 25.5 Å². The van der Waals surface area contributed by atoms with Crippen LogP contribution in [0.25, 0.3) is 21.9 Å². The molecule has 0 aliphatic heterocycles. The standard InChI is InChI=1S/C16H14BrClN2O2S/c1-16(2,3)23(21)20-15-10-6-9(17)4-5-12(10)22-13-8-19-14(18)7-11(13)15/h4-8H,1-3H3/t23-/m1/s1. The molecule has 120 valence electrons. The summed E-state index contributed by atoms with van der Waals surface area (Å²) in [5.74, 6) is 0. The quantitative estimate of drug-likeness (QED) is 0.427. The zero-order chi connectivity index (χ0) is 16.8. The highest BCUT2D eigenvalue weighted by Crippen LogP contribution is 2.23.